The van der Waals surface area contributed by atoms with Crippen molar-refractivity contribution in [3.63, 3.8) is 0 Å². The predicted molar refractivity (Wildman–Crippen MR) is 107 cm³/mol. The molecule has 1 N–H and O–H groups in total. The van der Waals surface area contributed by atoms with Crippen LogP contribution < -0.4 is 20.3 Å². The van der Waals surface area contributed by atoms with Gasteiger partial charge in [0.15, 0.2) is 16.7 Å². The molecule has 0 unspecified atom stereocenters. The van der Waals surface area contributed by atoms with Crippen LogP contribution in [0.1, 0.15) is 5.56 Å². The van der Waals surface area contributed by atoms with Crippen LogP contribution in [0.4, 0.5) is 0 Å². The fraction of sp³-hybridized carbons (Fsp3) is 0.278. The lowest BCUT2D eigenvalue weighted by Crippen LogP contribution is -2.33. The third-order valence-electron chi connectivity index (χ3n) is 3.98. The number of thiophene rings is 1. The lowest BCUT2D eigenvalue weighted by molar-refractivity contribution is -0.122. The number of rotatable bonds is 7. The van der Waals surface area contributed by atoms with E-state index in [0.29, 0.717) is 26.9 Å². The Balaban J connectivity index is 1.78. The highest BCUT2D eigenvalue weighted by atomic mass is 32.2. The zero-order chi connectivity index (χ0) is 19.4. The lowest BCUT2D eigenvalue weighted by atomic mass is 10.2. The molecule has 0 atom stereocenters. The van der Waals surface area contributed by atoms with Gasteiger partial charge in [-0.25, -0.2) is 4.98 Å². The SMILES string of the molecule is COc1cccc(CNC(=O)Cn2c(SC)nc3ccsc3c2=O)c1OC. The molecule has 0 saturated carbocycles. The lowest BCUT2D eigenvalue weighted by Gasteiger charge is -2.14. The second-order valence-electron chi connectivity index (χ2n) is 5.55. The molecular weight excluding hydrogens is 386 g/mol. The number of aromatic nitrogens is 2. The van der Waals surface area contributed by atoms with Crippen molar-refractivity contribution in [2.75, 3.05) is 20.5 Å². The van der Waals surface area contributed by atoms with Gasteiger partial charge in [0, 0.05) is 12.1 Å². The van der Waals surface area contributed by atoms with Crippen molar-refractivity contribution in [1.29, 1.82) is 0 Å². The first-order chi connectivity index (χ1) is 13.1. The number of carbonyl (C=O) groups is 1. The van der Waals surface area contributed by atoms with Gasteiger partial charge in [-0.3, -0.25) is 14.2 Å². The molecule has 0 fully saturated rings. The van der Waals surface area contributed by atoms with Crippen molar-refractivity contribution in [2.24, 2.45) is 0 Å². The first kappa shape index (κ1) is 19.2. The van der Waals surface area contributed by atoms with Crippen molar-refractivity contribution in [1.82, 2.24) is 14.9 Å². The van der Waals surface area contributed by atoms with E-state index in [1.807, 2.05) is 23.8 Å². The molecule has 0 aliphatic rings. The number of benzene rings is 1. The van der Waals surface area contributed by atoms with E-state index in [4.69, 9.17) is 9.47 Å². The number of carbonyl (C=O) groups excluding carboxylic acids is 1. The molecule has 142 valence electrons. The standard InChI is InChI=1S/C18H19N3O4S2/c1-24-13-6-4-5-11(15(13)25-2)9-19-14(22)10-21-17(23)16-12(7-8-27-16)20-18(21)26-3/h4-8H,9-10H2,1-3H3,(H,19,22). The van der Waals surface area contributed by atoms with Crippen molar-refractivity contribution in [3.05, 3.63) is 45.6 Å². The quantitative estimate of drug-likeness (QED) is 0.480. The van der Waals surface area contributed by atoms with Crippen LogP contribution >= 0.6 is 23.1 Å². The molecule has 2 aromatic heterocycles. The van der Waals surface area contributed by atoms with Crippen LogP contribution in [-0.2, 0) is 17.9 Å². The first-order valence-electron chi connectivity index (χ1n) is 8.07. The van der Waals surface area contributed by atoms with E-state index in [1.165, 1.54) is 27.7 Å². The van der Waals surface area contributed by atoms with Crippen molar-refractivity contribution < 1.29 is 14.3 Å². The van der Waals surface area contributed by atoms with Crippen LogP contribution in [0.15, 0.2) is 39.6 Å². The molecular formula is C18H19N3O4S2. The summed E-state index contributed by atoms with van der Waals surface area (Å²) in [4.78, 5) is 29.6. The summed E-state index contributed by atoms with van der Waals surface area (Å²) in [5, 5.41) is 5.16. The Kier molecular flexibility index (Phi) is 6.02. The summed E-state index contributed by atoms with van der Waals surface area (Å²) >= 11 is 2.66. The molecule has 0 saturated heterocycles. The van der Waals surface area contributed by atoms with Crippen LogP contribution in [0.3, 0.4) is 0 Å². The number of nitrogens with one attached hydrogen (secondary N) is 1. The highest BCUT2D eigenvalue weighted by Crippen LogP contribution is 2.30. The summed E-state index contributed by atoms with van der Waals surface area (Å²) in [6.07, 6.45) is 1.83. The fourth-order valence-electron chi connectivity index (χ4n) is 2.70. The van der Waals surface area contributed by atoms with E-state index < -0.39 is 0 Å². The van der Waals surface area contributed by atoms with E-state index in [1.54, 1.807) is 26.4 Å². The molecule has 0 aliphatic heterocycles. The van der Waals surface area contributed by atoms with Crippen LogP contribution in [0.2, 0.25) is 0 Å². The Morgan fingerprint density at radius 1 is 1.30 bits per heavy atom. The molecule has 1 aromatic carbocycles. The summed E-state index contributed by atoms with van der Waals surface area (Å²) in [6, 6.07) is 7.27. The minimum absolute atomic E-state index is 0.0951. The molecule has 7 nitrogen and oxygen atoms in total. The van der Waals surface area contributed by atoms with Gasteiger partial charge < -0.3 is 14.8 Å². The molecule has 9 heteroatoms. The minimum atomic E-state index is -0.282. The molecule has 3 aromatic rings. The minimum Gasteiger partial charge on any atom is -0.493 e. The van der Waals surface area contributed by atoms with Gasteiger partial charge in [-0.1, -0.05) is 23.9 Å². The molecule has 3 rings (SSSR count). The summed E-state index contributed by atoms with van der Waals surface area (Å²) < 4.78 is 12.6. The van der Waals surface area contributed by atoms with E-state index in [-0.39, 0.29) is 24.6 Å². The number of nitrogens with zero attached hydrogens (tertiary/aromatic N) is 2. The highest BCUT2D eigenvalue weighted by molar-refractivity contribution is 7.98. The highest BCUT2D eigenvalue weighted by Gasteiger charge is 2.15. The van der Waals surface area contributed by atoms with Crippen molar-refractivity contribution in [3.8, 4) is 11.5 Å². The van der Waals surface area contributed by atoms with Gasteiger partial charge in [-0.2, -0.15) is 0 Å². The molecule has 1 amide bonds. The maximum Gasteiger partial charge on any atom is 0.272 e. The Morgan fingerprint density at radius 3 is 2.81 bits per heavy atom. The Labute approximate surface area is 164 Å². The summed E-state index contributed by atoms with van der Waals surface area (Å²) in [7, 11) is 3.11. The third kappa shape index (κ3) is 3.93. The number of hydrogen-bond acceptors (Lipinski definition) is 7. The maximum absolute atomic E-state index is 12.7. The van der Waals surface area contributed by atoms with Gasteiger partial charge in [0.1, 0.15) is 11.2 Å². The number of methoxy groups -OCH3 is 2. The van der Waals surface area contributed by atoms with Crippen LogP contribution in [0.5, 0.6) is 11.5 Å². The van der Waals surface area contributed by atoms with Crippen LogP contribution in [0.25, 0.3) is 10.2 Å². The molecule has 0 bridgehead atoms. The third-order valence-corrected chi connectivity index (χ3v) is 5.54. The van der Waals surface area contributed by atoms with Gasteiger partial charge in [0.2, 0.25) is 5.91 Å². The smallest absolute Gasteiger partial charge is 0.272 e. The van der Waals surface area contributed by atoms with Gasteiger partial charge in [0.05, 0.1) is 19.7 Å². The Morgan fingerprint density at radius 2 is 2.11 bits per heavy atom. The zero-order valence-corrected chi connectivity index (χ0v) is 16.8. The number of para-hydroxylation sites is 1. The second-order valence-corrected chi connectivity index (χ2v) is 7.24. The Hall–Kier alpha value is -2.52. The molecule has 0 aliphatic carbocycles. The van der Waals surface area contributed by atoms with Gasteiger partial charge in [-0.15, -0.1) is 11.3 Å². The van der Waals surface area contributed by atoms with E-state index in [0.717, 1.165) is 5.56 Å². The van der Waals surface area contributed by atoms with E-state index in [2.05, 4.69) is 10.3 Å². The zero-order valence-electron chi connectivity index (χ0n) is 15.1. The number of ether oxygens (including phenoxy) is 2. The molecule has 2 heterocycles. The first-order valence-corrected chi connectivity index (χ1v) is 10.2. The predicted octanol–water partition coefficient (Wildman–Crippen LogP) is 2.51. The summed E-state index contributed by atoms with van der Waals surface area (Å²) in [5.41, 5.74) is 1.25. The fourth-order valence-corrected chi connectivity index (χ4v) is 4.04. The van der Waals surface area contributed by atoms with Crippen LogP contribution in [-0.4, -0.2) is 35.9 Å². The van der Waals surface area contributed by atoms with E-state index >= 15 is 0 Å². The average molecular weight is 406 g/mol. The maximum atomic E-state index is 12.7. The second kappa shape index (κ2) is 8.45. The normalized spacial score (nSPS) is 10.8. The molecule has 27 heavy (non-hydrogen) atoms. The van der Waals surface area contributed by atoms with E-state index in [9.17, 15) is 9.59 Å². The number of amides is 1. The number of thioether (sulfide) groups is 1. The largest absolute Gasteiger partial charge is 0.493 e. The van der Waals surface area contributed by atoms with Crippen LogP contribution in [0, 0.1) is 0 Å². The number of fused-ring (bicyclic) bond motifs is 1. The topological polar surface area (TPSA) is 82.5 Å². The monoisotopic (exact) mass is 405 g/mol. The Bertz CT molecular complexity index is 1030. The van der Waals surface area contributed by atoms with Gasteiger partial charge in [-0.05, 0) is 23.8 Å². The van der Waals surface area contributed by atoms with Gasteiger partial charge >= 0.3 is 0 Å². The summed E-state index contributed by atoms with van der Waals surface area (Å²) in [5.74, 6) is 0.886. The molecule has 0 spiro atoms. The van der Waals surface area contributed by atoms with Gasteiger partial charge in [0.25, 0.3) is 5.56 Å². The number of hydrogen-bond donors (Lipinski definition) is 1. The molecule has 0 radical (unpaired) electrons. The van der Waals surface area contributed by atoms with Crippen molar-refractivity contribution >= 4 is 39.2 Å². The van der Waals surface area contributed by atoms with Crippen molar-refractivity contribution in [2.45, 2.75) is 18.2 Å². The summed E-state index contributed by atoms with van der Waals surface area (Å²) in [6.45, 7) is 0.166. The average Bonchev–Trinajstić information content (AvgIpc) is 3.16.